The molecular formula is C29H36ClFN6O8S. The van der Waals surface area contributed by atoms with E-state index in [9.17, 15) is 28.8 Å². The monoisotopic (exact) mass is 682 g/mol. The molecule has 3 heterocycles. The Hall–Kier alpha value is -3.73. The van der Waals surface area contributed by atoms with Crippen LogP contribution in [-0.4, -0.2) is 97.3 Å². The second kappa shape index (κ2) is 16.2. The Kier molecular flexibility index (Phi) is 12.4. The molecule has 0 bridgehead atoms. The number of carbonyl (C=O) groups is 6. The lowest BCUT2D eigenvalue weighted by molar-refractivity contribution is -0.146. The summed E-state index contributed by atoms with van der Waals surface area (Å²) in [6, 6.07) is 3.16. The van der Waals surface area contributed by atoms with E-state index in [1.54, 1.807) is 6.08 Å². The Bertz CT molecular complexity index is 1400. The highest BCUT2D eigenvalue weighted by atomic mass is 35.5. The first-order valence-electron chi connectivity index (χ1n) is 14.8. The molecule has 6 amide bonds. The summed E-state index contributed by atoms with van der Waals surface area (Å²) < 4.78 is 26.2. The summed E-state index contributed by atoms with van der Waals surface area (Å²) in [4.78, 5) is 78.2. The van der Waals surface area contributed by atoms with Crippen LogP contribution in [-0.2, 0) is 33.4 Å². The number of halogens is 2. The van der Waals surface area contributed by atoms with Crippen LogP contribution >= 0.6 is 23.4 Å². The van der Waals surface area contributed by atoms with E-state index in [4.69, 9.17) is 32.5 Å². The zero-order valence-electron chi connectivity index (χ0n) is 25.0. The molecule has 4 rings (SSSR count). The zero-order valence-corrected chi connectivity index (χ0v) is 26.5. The number of hydrogen-bond donors (Lipinski definition) is 3. The van der Waals surface area contributed by atoms with Gasteiger partial charge in [0.15, 0.2) is 0 Å². The number of morpholine rings is 1. The Morgan fingerprint density at radius 3 is 2.63 bits per heavy atom. The number of unbranched alkanes of at least 4 members (excludes halogenated alkanes) is 1. The topological polar surface area (TPSA) is 195 Å². The van der Waals surface area contributed by atoms with E-state index >= 15 is 4.39 Å². The summed E-state index contributed by atoms with van der Waals surface area (Å²) in [5, 5.41) is 2.02. The number of hydrogen-bond acceptors (Lipinski definition) is 10. The zero-order chi connectivity index (χ0) is 33.4. The molecule has 14 nitrogen and oxygen atoms in total. The average molecular weight is 683 g/mol. The summed E-state index contributed by atoms with van der Waals surface area (Å²) in [5.74, 6) is -3.05. The van der Waals surface area contributed by atoms with Crippen molar-refractivity contribution in [1.29, 1.82) is 0 Å². The molecule has 5 N–H and O–H groups in total. The SMILES string of the molecule is NC(=O)CC[C@H](N)C(=O)NCCCCC(=O)N(C[C@H]1CN(c2ccc(N3CCOCC3=O)cc2F)C(=O)O1)C(=O)C1CC=C(Cl)S1. The number of nitrogens with one attached hydrogen (secondary N) is 1. The highest BCUT2D eigenvalue weighted by Gasteiger charge is 2.39. The first-order valence-corrected chi connectivity index (χ1v) is 16.0. The quantitative estimate of drug-likeness (QED) is 0.241. The second-order valence-electron chi connectivity index (χ2n) is 10.9. The maximum Gasteiger partial charge on any atom is 0.414 e. The van der Waals surface area contributed by atoms with Crippen molar-refractivity contribution >= 4 is 70.4 Å². The fourth-order valence-electron chi connectivity index (χ4n) is 5.07. The van der Waals surface area contributed by atoms with Crippen LogP contribution < -0.4 is 26.6 Å². The first kappa shape index (κ1) is 35.1. The van der Waals surface area contributed by atoms with Gasteiger partial charge in [0.2, 0.25) is 23.6 Å². The van der Waals surface area contributed by atoms with Gasteiger partial charge in [-0.1, -0.05) is 17.7 Å². The number of nitrogens with two attached hydrogens (primary N) is 2. The van der Waals surface area contributed by atoms with Crippen molar-refractivity contribution in [2.24, 2.45) is 11.5 Å². The Morgan fingerprint density at radius 1 is 1.17 bits per heavy atom. The van der Waals surface area contributed by atoms with Gasteiger partial charge in [-0.25, -0.2) is 9.18 Å². The Balaban J connectivity index is 1.35. The largest absolute Gasteiger partial charge is 0.442 e. The van der Waals surface area contributed by atoms with Crippen molar-refractivity contribution in [3.63, 3.8) is 0 Å². The van der Waals surface area contributed by atoms with Crippen LogP contribution in [0.25, 0.3) is 0 Å². The molecule has 0 radical (unpaired) electrons. The number of primary amides is 1. The van der Waals surface area contributed by atoms with E-state index in [0.717, 1.165) is 27.6 Å². The number of carbonyl (C=O) groups excluding carboxylic acids is 6. The van der Waals surface area contributed by atoms with E-state index < -0.39 is 52.9 Å². The van der Waals surface area contributed by atoms with Gasteiger partial charge < -0.3 is 31.2 Å². The number of rotatable bonds is 14. The summed E-state index contributed by atoms with van der Waals surface area (Å²) in [6.45, 7) is 0.329. The summed E-state index contributed by atoms with van der Waals surface area (Å²) in [7, 11) is 0. The number of cyclic esters (lactones) is 1. The van der Waals surface area contributed by atoms with Gasteiger partial charge in [-0.2, -0.15) is 0 Å². The molecule has 250 valence electrons. The number of benzene rings is 1. The molecule has 0 spiro atoms. The van der Waals surface area contributed by atoms with Crippen molar-refractivity contribution in [2.75, 3.05) is 49.2 Å². The van der Waals surface area contributed by atoms with Crippen LogP contribution in [0, 0.1) is 5.82 Å². The average Bonchev–Trinajstić information content (AvgIpc) is 3.62. The van der Waals surface area contributed by atoms with Crippen LogP contribution in [0.4, 0.5) is 20.6 Å². The third-order valence-electron chi connectivity index (χ3n) is 7.52. The maximum atomic E-state index is 15.2. The summed E-state index contributed by atoms with van der Waals surface area (Å²) in [5.41, 5.74) is 11.1. The van der Waals surface area contributed by atoms with Crippen LogP contribution in [0.15, 0.2) is 28.6 Å². The molecule has 3 atom stereocenters. The second-order valence-corrected chi connectivity index (χ2v) is 12.8. The third kappa shape index (κ3) is 9.18. The number of imide groups is 1. The summed E-state index contributed by atoms with van der Waals surface area (Å²) in [6.07, 6.45) is 1.04. The van der Waals surface area contributed by atoms with E-state index in [2.05, 4.69) is 5.32 Å². The van der Waals surface area contributed by atoms with Gasteiger partial charge in [0.25, 0.3) is 5.91 Å². The molecule has 1 aromatic rings. The van der Waals surface area contributed by atoms with Gasteiger partial charge in [-0.15, -0.1) is 11.8 Å². The van der Waals surface area contributed by atoms with Crippen molar-refractivity contribution in [3.8, 4) is 0 Å². The minimum atomic E-state index is -0.934. The van der Waals surface area contributed by atoms with Crippen LogP contribution in [0.3, 0.4) is 0 Å². The van der Waals surface area contributed by atoms with Crippen molar-refractivity contribution in [2.45, 2.75) is 55.9 Å². The molecule has 46 heavy (non-hydrogen) atoms. The van der Waals surface area contributed by atoms with Gasteiger partial charge in [0, 0.05) is 31.6 Å². The van der Waals surface area contributed by atoms with Crippen molar-refractivity contribution in [3.05, 3.63) is 34.5 Å². The summed E-state index contributed by atoms with van der Waals surface area (Å²) >= 11 is 7.18. The van der Waals surface area contributed by atoms with Crippen LogP contribution in [0.5, 0.6) is 0 Å². The minimum absolute atomic E-state index is 0.0145. The van der Waals surface area contributed by atoms with Gasteiger partial charge in [-0.05, 0) is 43.9 Å². The fourth-order valence-corrected chi connectivity index (χ4v) is 6.37. The van der Waals surface area contributed by atoms with E-state index in [0.29, 0.717) is 35.9 Å². The van der Waals surface area contributed by atoms with Gasteiger partial charge in [0.05, 0.1) is 41.0 Å². The first-order chi connectivity index (χ1) is 21.9. The lowest BCUT2D eigenvalue weighted by Crippen LogP contribution is -2.46. The molecule has 1 aromatic carbocycles. The molecule has 2 fully saturated rings. The molecular weight excluding hydrogens is 647 g/mol. The van der Waals surface area contributed by atoms with Crippen LogP contribution in [0.2, 0.25) is 0 Å². The molecule has 3 aliphatic heterocycles. The molecule has 3 aliphatic rings. The maximum absolute atomic E-state index is 15.2. The molecule has 2 saturated heterocycles. The Morgan fingerprint density at radius 2 is 1.96 bits per heavy atom. The highest BCUT2D eigenvalue weighted by Crippen LogP contribution is 2.36. The number of amides is 6. The number of allylic oxidation sites excluding steroid dienone is 1. The van der Waals surface area contributed by atoms with Crippen LogP contribution in [0.1, 0.15) is 38.5 Å². The van der Waals surface area contributed by atoms with E-state index in [-0.39, 0.29) is 63.6 Å². The number of ether oxygens (including phenoxy) is 2. The van der Waals surface area contributed by atoms with E-state index in [1.807, 2.05) is 0 Å². The minimum Gasteiger partial charge on any atom is -0.442 e. The smallest absolute Gasteiger partial charge is 0.414 e. The number of nitrogens with zero attached hydrogens (tertiary/aromatic N) is 3. The lowest BCUT2D eigenvalue weighted by Gasteiger charge is -2.27. The van der Waals surface area contributed by atoms with Gasteiger partial charge in [0.1, 0.15) is 18.5 Å². The fraction of sp³-hybridized carbons (Fsp3) is 0.517. The third-order valence-corrected chi connectivity index (χ3v) is 9.02. The van der Waals surface area contributed by atoms with Gasteiger partial charge >= 0.3 is 6.09 Å². The molecule has 0 saturated carbocycles. The molecule has 17 heteroatoms. The predicted octanol–water partition coefficient (Wildman–Crippen LogP) is 1.33. The standard InChI is InChI=1S/C29H36ClFN6O8S/c30-23-8-7-22(46-23)28(42)37(25(39)3-1-2-10-34-27(41)20(32)5-9-24(33)38)15-18-14-36(29(43)45-18)21-6-4-17(13-19(21)31)35-11-12-44-16-26(35)40/h4,6,8,13,18,20,22H,1-3,5,7,9-12,14-16,32H2,(H2,33,38)(H,34,41)/t18-,20+,22?/m1/s1. The number of thioether (sulfide) groups is 1. The van der Waals surface area contributed by atoms with Crippen molar-refractivity contribution in [1.82, 2.24) is 10.2 Å². The normalized spacial score (nSPS) is 20.3. The molecule has 1 unspecified atom stereocenters. The van der Waals surface area contributed by atoms with E-state index in [1.165, 1.54) is 17.0 Å². The number of anilines is 2. The Labute approximate surface area is 273 Å². The highest BCUT2D eigenvalue weighted by molar-refractivity contribution is 8.06. The predicted molar refractivity (Wildman–Crippen MR) is 167 cm³/mol. The molecule has 0 aliphatic carbocycles. The lowest BCUT2D eigenvalue weighted by atomic mass is 10.1. The van der Waals surface area contributed by atoms with Crippen molar-refractivity contribution < 1.29 is 42.6 Å². The molecule has 0 aromatic heterocycles. The van der Waals surface area contributed by atoms with Gasteiger partial charge in [-0.3, -0.25) is 33.8 Å².